The Balaban J connectivity index is 1.34. The molecule has 0 bridgehead atoms. The van der Waals surface area contributed by atoms with Gasteiger partial charge in [0, 0.05) is 45.2 Å². The van der Waals surface area contributed by atoms with E-state index in [1.54, 1.807) is 6.07 Å². The van der Waals surface area contributed by atoms with Gasteiger partial charge in [0.15, 0.2) is 0 Å². The second kappa shape index (κ2) is 9.98. The van der Waals surface area contributed by atoms with Crippen molar-refractivity contribution in [3.63, 3.8) is 0 Å². The molecule has 7 heteroatoms. The minimum absolute atomic E-state index is 0.166. The summed E-state index contributed by atoms with van der Waals surface area (Å²) in [5, 5.41) is 11.2. The molecule has 0 fully saturated rings. The lowest BCUT2D eigenvalue weighted by atomic mass is 9.91. The van der Waals surface area contributed by atoms with Crippen LogP contribution in [0.25, 0.3) is 39.0 Å². The fourth-order valence-corrected chi connectivity index (χ4v) is 5.57. The number of rotatable bonds is 5. The van der Waals surface area contributed by atoms with Crippen molar-refractivity contribution in [1.82, 2.24) is 20.2 Å². The van der Waals surface area contributed by atoms with Gasteiger partial charge in [-0.25, -0.2) is 4.68 Å². The lowest BCUT2D eigenvalue weighted by molar-refractivity contribution is 0.621. The van der Waals surface area contributed by atoms with E-state index in [1.807, 2.05) is 95.7 Å². The average molecular weight is 542 g/mol. The van der Waals surface area contributed by atoms with E-state index in [4.69, 9.17) is 21.8 Å². The van der Waals surface area contributed by atoms with Crippen LogP contribution < -0.4 is 11.0 Å². The van der Waals surface area contributed by atoms with Crippen molar-refractivity contribution in [3.8, 4) is 28.1 Å². The molecule has 0 amide bonds. The predicted molar refractivity (Wildman–Crippen MR) is 161 cm³/mol. The number of hydrogen-bond acceptors (Lipinski definition) is 4. The zero-order valence-electron chi connectivity index (χ0n) is 21.4. The van der Waals surface area contributed by atoms with Gasteiger partial charge >= 0.3 is 0 Å². The van der Waals surface area contributed by atoms with Gasteiger partial charge in [0.2, 0.25) is 0 Å². The van der Waals surface area contributed by atoms with E-state index in [2.05, 4.69) is 28.7 Å². The van der Waals surface area contributed by atoms with E-state index >= 15 is 0 Å². The Bertz CT molecular complexity index is 1930. The minimum atomic E-state index is -0.182. The van der Waals surface area contributed by atoms with Crippen LogP contribution in [-0.2, 0) is 0 Å². The van der Waals surface area contributed by atoms with Gasteiger partial charge in [0.05, 0.1) is 28.7 Å². The molecule has 0 unspecified atom stereocenters. The quantitative estimate of drug-likeness (QED) is 0.243. The van der Waals surface area contributed by atoms with Gasteiger partial charge in [-0.15, -0.1) is 0 Å². The molecule has 6 nitrogen and oxygen atoms in total. The topological polar surface area (TPSA) is 75.1 Å². The van der Waals surface area contributed by atoms with Gasteiger partial charge in [0.25, 0.3) is 5.56 Å². The van der Waals surface area contributed by atoms with Crippen LogP contribution in [0.15, 0.2) is 125 Å². The first kappa shape index (κ1) is 24.1. The molecule has 0 saturated heterocycles. The molecule has 3 heterocycles. The van der Waals surface area contributed by atoms with Crippen molar-refractivity contribution < 1.29 is 0 Å². The molecule has 2 N–H and O–H groups in total. The number of pyridine rings is 1. The summed E-state index contributed by atoms with van der Waals surface area (Å²) < 4.78 is 1.90. The summed E-state index contributed by atoms with van der Waals surface area (Å²) >= 11 is 6.42. The first-order valence-corrected chi connectivity index (χ1v) is 13.5. The number of fused-ring (bicyclic) bond motifs is 1. The number of nitrogens with zero attached hydrogens (tertiary/aromatic N) is 3. The standard InChI is InChI=1S/C33H24ClN5O/c34-23-16-17-27-25(18-23)30(21-10-4-1-5-11-21)31(33(40)35-27)29-19-28(36-37-29)26-20-39(24-14-8-3-9-15-24)38-32(26)22-12-6-2-7-13-22/h1-18,20,28,36H,19H2,(H,35,40)/t28-/m1/s1. The minimum Gasteiger partial charge on any atom is -0.321 e. The summed E-state index contributed by atoms with van der Waals surface area (Å²) in [6, 6.07) is 35.5. The molecule has 194 valence electrons. The van der Waals surface area contributed by atoms with E-state index in [0.29, 0.717) is 22.7 Å². The molecule has 0 radical (unpaired) electrons. The monoisotopic (exact) mass is 541 g/mol. The van der Waals surface area contributed by atoms with E-state index in [0.717, 1.165) is 44.5 Å². The summed E-state index contributed by atoms with van der Waals surface area (Å²) in [5.41, 5.74) is 10.7. The van der Waals surface area contributed by atoms with Crippen LogP contribution >= 0.6 is 11.6 Å². The lowest BCUT2D eigenvalue weighted by Gasteiger charge is -2.14. The van der Waals surface area contributed by atoms with Gasteiger partial charge < -0.3 is 10.4 Å². The largest absolute Gasteiger partial charge is 0.321 e. The smallest absolute Gasteiger partial charge is 0.258 e. The fraction of sp³-hybridized carbons (Fsp3) is 0.0606. The van der Waals surface area contributed by atoms with Gasteiger partial charge in [-0.3, -0.25) is 4.79 Å². The van der Waals surface area contributed by atoms with Gasteiger partial charge in [-0.05, 0) is 35.9 Å². The summed E-state index contributed by atoms with van der Waals surface area (Å²) in [7, 11) is 0. The third-order valence-corrected chi connectivity index (χ3v) is 7.50. The maximum absolute atomic E-state index is 13.6. The Hall–Kier alpha value is -4.94. The van der Waals surface area contributed by atoms with Crippen LogP contribution in [0, 0.1) is 0 Å². The summed E-state index contributed by atoms with van der Waals surface area (Å²) in [6.07, 6.45) is 2.57. The fourth-order valence-electron chi connectivity index (χ4n) is 5.40. The summed E-state index contributed by atoms with van der Waals surface area (Å²) in [5.74, 6) is 0. The third-order valence-electron chi connectivity index (χ3n) is 7.27. The molecule has 4 aromatic carbocycles. The normalized spacial score (nSPS) is 14.7. The number of hydrazone groups is 1. The van der Waals surface area contributed by atoms with Crippen molar-refractivity contribution in [3.05, 3.63) is 142 Å². The predicted octanol–water partition coefficient (Wildman–Crippen LogP) is 7.14. The van der Waals surface area contributed by atoms with E-state index in [9.17, 15) is 4.79 Å². The molecule has 7 rings (SSSR count). The highest BCUT2D eigenvalue weighted by atomic mass is 35.5. The van der Waals surface area contributed by atoms with Gasteiger partial charge in [0.1, 0.15) is 0 Å². The second-order valence-electron chi connectivity index (χ2n) is 9.78. The number of aromatic amines is 1. The Morgan fingerprint density at radius 2 is 1.48 bits per heavy atom. The van der Waals surface area contributed by atoms with Crippen molar-refractivity contribution in [2.24, 2.45) is 5.10 Å². The summed E-state index contributed by atoms with van der Waals surface area (Å²) in [6.45, 7) is 0. The highest BCUT2D eigenvalue weighted by Gasteiger charge is 2.30. The maximum Gasteiger partial charge on any atom is 0.258 e. The Morgan fingerprint density at radius 3 is 2.20 bits per heavy atom. The van der Waals surface area contributed by atoms with Crippen LogP contribution in [0.5, 0.6) is 0 Å². The Morgan fingerprint density at radius 1 is 0.800 bits per heavy atom. The zero-order valence-corrected chi connectivity index (χ0v) is 22.1. The van der Waals surface area contributed by atoms with Crippen LogP contribution in [0.1, 0.15) is 23.6 Å². The number of H-pyrrole nitrogens is 1. The molecule has 0 saturated carbocycles. The zero-order chi connectivity index (χ0) is 27.1. The molecule has 40 heavy (non-hydrogen) atoms. The van der Waals surface area contributed by atoms with Crippen LogP contribution in [0.2, 0.25) is 5.02 Å². The van der Waals surface area contributed by atoms with Gasteiger partial charge in [-0.2, -0.15) is 10.2 Å². The number of aromatic nitrogens is 3. The van der Waals surface area contributed by atoms with Crippen molar-refractivity contribution in [2.45, 2.75) is 12.5 Å². The van der Waals surface area contributed by atoms with E-state index in [-0.39, 0.29) is 11.6 Å². The Kier molecular flexibility index (Phi) is 6.02. The first-order chi connectivity index (χ1) is 19.7. The number of nitrogens with one attached hydrogen (secondary N) is 2. The number of hydrogen-bond donors (Lipinski definition) is 2. The van der Waals surface area contributed by atoms with Crippen molar-refractivity contribution >= 4 is 28.2 Å². The lowest BCUT2D eigenvalue weighted by Crippen LogP contribution is -2.20. The highest BCUT2D eigenvalue weighted by molar-refractivity contribution is 6.31. The SMILES string of the molecule is O=c1[nH]c2ccc(Cl)cc2c(-c2ccccc2)c1C1=NN[C@@H](c2cn(-c3ccccc3)nc2-c2ccccc2)C1. The van der Waals surface area contributed by atoms with Crippen molar-refractivity contribution in [2.75, 3.05) is 0 Å². The number of halogens is 1. The number of benzene rings is 4. The van der Waals surface area contributed by atoms with Crippen LogP contribution in [-0.4, -0.2) is 20.5 Å². The van der Waals surface area contributed by atoms with Crippen LogP contribution in [0.3, 0.4) is 0 Å². The van der Waals surface area contributed by atoms with E-state index < -0.39 is 0 Å². The number of para-hydroxylation sites is 1. The molecule has 1 atom stereocenters. The van der Waals surface area contributed by atoms with Gasteiger partial charge in [-0.1, -0.05) is 90.5 Å². The van der Waals surface area contributed by atoms with Crippen molar-refractivity contribution in [1.29, 1.82) is 0 Å². The molecule has 2 aromatic heterocycles. The molecule has 0 spiro atoms. The molecule has 0 aliphatic carbocycles. The Labute approximate surface area is 235 Å². The highest BCUT2D eigenvalue weighted by Crippen LogP contribution is 2.36. The second-order valence-corrected chi connectivity index (χ2v) is 10.2. The van der Waals surface area contributed by atoms with E-state index in [1.165, 1.54) is 0 Å². The maximum atomic E-state index is 13.6. The van der Waals surface area contributed by atoms with Crippen LogP contribution in [0.4, 0.5) is 0 Å². The third kappa shape index (κ3) is 4.28. The molecular weight excluding hydrogens is 518 g/mol. The average Bonchev–Trinajstić information content (AvgIpc) is 3.66. The first-order valence-electron chi connectivity index (χ1n) is 13.1. The molecule has 6 aromatic rings. The molecule has 1 aliphatic rings. The molecular formula is C33H24ClN5O. The summed E-state index contributed by atoms with van der Waals surface area (Å²) in [4.78, 5) is 16.7. The molecule has 1 aliphatic heterocycles.